The van der Waals surface area contributed by atoms with Gasteiger partial charge in [-0.3, -0.25) is 0 Å². The number of aryl methyl sites for hydroxylation is 1. The van der Waals surface area contributed by atoms with Gasteiger partial charge in [0.25, 0.3) is 0 Å². The first-order valence-electron chi connectivity index (χ1n) is 14.7. The van der Waals surface area contributed by atoms with Crippen molar-refractivity contribution in [2.75, 3.05) is 80.1 Å². The van der Waals surface area contributed by atoms with Crippen LogP contribution in [-0.4, -0.2) is 89.6 Å². The van der Waals surface area contributed by atoms with E-state index in [2.05, 4.69) is 25.8 Å². The molecular weight excluding hydrogens is 580 g/mol. The third kappa shape index (κ3) is 5.70. The summed E-state index contributed by atoms with van der Waals surface area (Å²) in [5.41, 5.74) is 4.76. The summed E-state index contributed by atoms with van der Waals surface area (Å²) in [7, 11) is 1.66. The van der Waals surface area contributed by atoms with Crippen molar-refractivity contribution in [1.82, 2.24) is 30.0 Å². The number of hydrogen-bond donors (Lipinski definition) is 3. The Labute approximate surface area is 260 Å². The lowest BCUT2D eigenvalue weighted by Gasteiger charge is -2.30. The second kappa shape index (κ2) is 12.2. The van der Waals surface area contributed by atoms with Crippen LogP contribution in [0.2, 0.25) is 0 Å². The van der Waals surface area contributed by atoms with Gasteiger partial charge < -0.3 is 40.0 Å². The van der Waals surface area contributed by atoms with Gasteiger partial charge in [0.15, 0.2) is 5.11 Å². The van der Waals surface area contributed by atoms with E-state index in [1.165, 1.54) is 0 Å². The van der Waals surface area contributed by atoms with Crippen molar-refractivity contribution >= 4 is 46.7 Å². The van der Waals surface area contributed by atoms with Crippen LogP contribution in [0.3, 0.4) is 0 Å². The summed E-state index contributed by atoms with van der Waals surface area (Å²) in [6.45, 7) is 7.55. The van der Waals surface area contributed by atoms with E-state index in [1.807, 2.05) is 60.1 Å². The zero-order valence-electron chi connectivity index (χ0n) is 24.6. The predicted octanol–water partition coefficient (Wildman–Crippen LogP) is 3.18. The molecule has 0 spiro atoms. The number of morpholine rings is 2. The van der Waals surface area contributed by atoms with Gasteiger partial charge >= 0.3 is 0 Å². The molecule has 5 heterocycles. The first-order valence-corrected chi connectivity index (χ1v) is 15.1. The zero-order chi connectivity index (χ0) is 30.0. The molecule has 13 nitrogen and oxygen atoms in total. The van der Waals surface area contributed by atoms with Crippen molar-refractivity contribution in [3.8, 4) is 11.4 Å². The van der Waals surface area contributed by atoms with Crippen LogP contribution < -0.4 is 30.5 Å². The fourth-order valence-corrected chi connectivity index (χ4v) is 5.83. The zero-order valence-corrected chi connectivity index (χ0v) is 25.4. The van der Waals surface area contributed by atoms with E-state index in [0.717, 1.165) is 65.9 Å². The highest BCUT2D eigenvalue weighted by molar-refractivity contribution is 7.80. The number of aromatic nitrogens is 5. The number of nitrogens with zero attached hydrogens (tertiary/aromatic N) is 7. The molecule has 0 amide bonds. The average Bonchev–Trinajstić information content (AvgIpc) is 3.41. The van der Waals surface area contributed by atoms with Gasteiger partial charge in [-0.15, -0.1) is 0 Å². The Balaban J connectivity index is 1.16. The first-order chi connectivity index (χ1) is 21.6. The molecule has 7 rings (SSSR count). The van der Waals surface area contributed by atoms with Crippen LogP contribution in [0, 0.1) is 6.92 Å². The monoisotopic (exact) mass is 614 g/mol. The van der Waals surface area contributed by atoms with Gasteiger partial charge in [-0.2, -0.15) is 20.1 Å². The van der Waals surface area contributed by atoms with Gasteiger partial charge in [-0.25, -0.2) is 4.68 Å². The second-order valence-electron chi connectivity index (χ2n) is 10.7. The van der Waals surface area contributed by atoms with Gasteiger partial charge in [-0.05, 0) is 61.1 Å². The molecule has 4 aromatic rings. The Hall–Kier alpha value is -4.53. The Morgan fingerprint density at radius 3 is 2.07 bits per heavy atom. The molecule has 0 bridgehead atoms. The quantitative estimate of drug-likeness (QED) is 0.264. The fourth-order valence-electron chi connectivity index (χ4n) is 5.62. The summed E-state index contributed by atoms with van der Waals surface area (Å²) >= 11 is 5.60. The van der Waals surface area contributed by atoms with Crippen LogP contribution in [0.1, 0.15) is 22.9 Å². The first kappa shape index (κ1) is 28.3. The molecular formula is C30H34N10O3S. The van der Waals surface area contributed by atoms with E-state index in [0.29, 0.717) is 49.4 Å². The summed E-state index contributed by atoms with van der Waals surface area (Å²) in [6, 6.07) is 15.9. The van der Waals surface area contributed by atoms with Gasteiger partial charge in [-0.1, -0.05) is 12.1 Å². The van der Waals surface area contributed by atoms with E-state index >= 15 is 0 Å². The van der Waals surface area contributed by atoms with Crippen LogP contribution in [0.5, 0.6) is 5.75 Å². The van der Waals surface area contributed by atoms with Crippen LogP contribution in [0.4, 0.5) is 29.4 Å². The minimum atomic E-state index is -0.135. The van der Waals surface area contributed by atoms with E-state index in [4.69, 9.17) is 46.5 Å². The SMILES string of the molecule is COc1ccc(C2NC(=S)Nc3c2c(C)nn3-c2ccc(Nc3nc(N4CCOCC4)nc(N4CCOCC4)n3)cc2)cc1. The Morgan fingerprint density at radius 1 is 0.864 bits per heavy atom. The Bertz CT molecular complexity index is 1600. The molecule has 44 heavy (non-hydrogen) atoms. The molecule has 228 valence electrons. The lowest BCUT2D eigenvalue weighted by atomic mass is 9.97. The summed E-state index contributed by atoms with van der Waals surface area (Å²) in [5, 5.41) is 15.5. The molecule has 0 radical (unpaired) electrons. The van der Waals surface area contributed by atoms with Gasteiger partial charge in [0.2, 0.25) is 17.8 Å². The summed E-state index contributed by atoms with van der Waals surface area (Å²) in [5.74, 6) is 3.42. The summed E-state index contributed by atoms with van der Waals surface area (Å²) in [6.07, 6.45) is 0. The van der Waals surface area contributed by atoms with Crippen molar-refractivity contribution < 1.29 is 14.2 Å². The van der Waals surface area contributed by atoms with Crippen LogP contribution in [-0.2, 0) is 9.47 Å². The minimum absolute atomic E-state index is 0.135. The number of fused-ring (bicyclic) bond motifs is 1. The molecule has 14 heteroatoms. The molecule has 0 saturated carbocycles. The molecule has 1 unspecified atom stereocenters. The number of methoxy groups -OCH3 is 1. The highest BCUT2D eigenvalue weighted by Crippen LogP contribution is 2.36. The van der Waals surface area contributed by atoms with Crippen molar-refractivity contribution in [3.63, 3.8) is 0 Å². The predicted molar refractivity (Wildman–Crippen MR) is 172 cm³/mol. The molecule has 2 aromatic heterocycles. The lowest BCUT2D eigenvalue weighted by molar-refractivity contribution is 0.121. The van der Waals surface area contributed by atoms with Crippen molar-refractivity contribution in [1.29, 1.82) is 0 Å². The number of thiocarbonyl (C=S) groups is 1. The van der Waals surface area contributed by atoms with Crippen LogP contribution >= 0.6 is 12.2 Å². The van der Waals surface area contributed by atoms with Crippen LogP contribution in [0.15, 0.2) is 48.5 Å². The van der Waals surface area contributed by atoms with Gasteiger partial charge in [0.05, 0.1) is 51.0 Å². The normalized spacial score (nSPS) is 18.3. The number of hydrogen-bond acceptors (Lipinski definition) is 11. The Kier molecular flexibility index (Phi) is 7.85. The largest absolute Gasteiger partial charge is 0.497 e. The number of ether oxygens (including phenoxy) is 3. The highest BCUT2D eigenvalue weighted by atomic mass is 32.1. The average molecular weight is 615 g/mol. The topological polar surface area (TPSA) is 127 Å². The molecule has 2 fully saturated rings. The van der Waals surface area contributed by atoms with Crippen molar-refractivity contribution in [2.45, 2.75) is 13.0 Å². The number of benzene rings is 2. The molecule has 0 aliphatic carbocycles. The number of rotatable bonds is 7. The van der Waals surface area contributed by atoms with Crippen molar-refractivity contribution in [2.24, 2.45) is 0 Å². The second-order valence-corrected chi connectivity index (χ2v) is 11.1. The van der Waals surface area contributed by atoms with Crippen LogP contribution in [0.25, 0.3) is 5.69 Å². The molecule has 3 N–H and O–H groups in total. The standard InChI is InChI=1S/C30H34N10O3S/c1-19-24-25(20-3-9-23(41-2)10-4-20)32-30(44)33-26(24)40(37-19)22-7-5-21(6-8-22)31-27-34-28(38-11-15-42-16-12-38)36-29(35-27)39-13-17-43-18-14-39/h3-10,25H,11-18H2,1-2H3,(H2,32,33,44)(H,31,34,35,36). The molecule has 2 aromatic carbocycles. The molecule has 3 aliphatic heterocycles. The maximum absolute atomic E-state index is 5.60. The number of nitrogens with one attached hydrogen (secondary N) is 3. The van der Waals surface area contributed by atoms with Gasteiger partial charge in [0, 0.05) is 37.4 Å². The highest BCUT2D eigenvalue weighted by Gasteiger charge is 2.31. The number of anilines is 5. The lowest BCUT2D eigenvalue weighted by Crippen LogP contribution is -2.40. The Morgan fingerprint density at radius 2 is 1.48 bits per heavy atom. The molecule has 3 aliphatic rings. The fraction of sp³-hybridized carbons (Fsp3) is 0.367. The smallest absolute Gasteiger partial charge is 0.233 e. The minimum Gasteiger partial charge on any atom is -0.497 e. The third-order valence-corrected chi connectivity index (χ3v) is 8.14. The third-order valence-electron chi connectivity index (χ3n) is 7.92. The maximum Gasteiger partial charge on any atom is 0.233 e. The molecule has 1 atom stereocenters. The van der Waals surface area contributed by atoms with E-state index in [9.17, 15) is 0 Å². The van der Waals surface area contributed by atoms with E-state index < -0.39 is 0 Å². The molecule has 2 saturated heterocycles. The summed E-state index contributed by atoms with van der Waals surface area (Å²) < 4.78 is 18.3. The van der Waals surface area contributed by atoms with E-state index in [-0.39, 0.29) is 6.04 Å². The maximum atomic E-state index is 5.60. The summed E-state index contributed by atoms with van der Waals surface area (Å²) in [4.78, 5) is 18.6. The van der Waals surface area contributed by atoms with Crippen molar-refractivity contribution in [3.05, 3.63) is 65.4 Å². The van der Waals surface area contributed by atoms with Gasteiger partial charge in [0.1, 0.15) is 11.6 Å². The van der Waals surface area contributed by atoms with E-state index in [1.54, 1.807) is 7.11 Å².